The van der Waals surface area contributed by atoms with Gasteiger partial charge in [0, 0.05) is 5.92 Å². The zero-order chi connectivity index (χ0) is 14.3. The van der Waals surface area contributed by atoms with Crippen molar-refractivity contribution in [2.24, 2.45) is 11.8 Å². The van der Waals surface area contributed by atoms with Gasteiger partial charge in [-0.2, -0.15) is 0 Å². The molecule has 0 radical (unpaired) electrons. The first kappa shape index (κ1) is 13.9. The predicted octanol–water partition coefficient (Wildman–Crippen LogP) is 2.02. The maximum atomic E-state index is 12.1. The number of ether oxygens (including phenoxy) is 2. The molecule has 5 nitrogen and oxygen atoms in total. The Labute approximate surface area is 113 Å². The molecule has 1 saturated carbocycles. The third-order valence-corrected chi connectivity index (χ3v) is 3.66. The van der Waals surface area contributed by atoms with Crippen LogP contribution in [0.4, 0.5) is 4.79 Å². The maximum absolute atomic E-state index is 12.1. The van der Waals surface area contributed by atoms with E-state index in [1.54, 1.807) is 20.8 Å². The van der Waals surface area contributed by atoms with Crippen LogP contribution >= 0.6 is 0 Å². The molecule has 1 fully saturated rings. The number of allylic oxidation sites excluding steroid dienone is 1. The maximum Gasteiger partial charge on any atom is 0.408 e. The summed E-state index contributed by atoms with van der Waals surface area (Å²) < 4.78 is 10.1. The Balaban J connectivity index is 2.15. The van der Waals surface area contributed by atoms with Gasteiger partial charge in [0.25, 0.3) is 0 Å². The Morgan fingerprint density at radius 3 is 2.42 bits per heavy atom. The lowest BCUT2D eigenvalue weighted by atomic mass is 9.84. The molecule has 0 aliphatic heterocycles. The van der Waals surface area contributed by atoms with Gasteiger partial charge in [-0.15, -0.1) is 0 Å². The van der Waals surface area contributed by atoms with Gasteiger partial charge in [-0.25, -0.2) is 9.59 Å². The summed E-state index contributed by atoms with van der Waals surface area (Å²) in [5, 5.41) is 2.74. The molecule has 2 bridgehead atoms. The van der Waals surface area contributed by atoms with Crippen LogP contribution in [0.15, 0.2) is 12.2 Å². The highest BCUT2D eigenvalue weighted by atomic mass is 16.6. The summed E-state index contributed by atoms with van der Waals surface area (Å²) in [4.78, 5) is 24.1. The van der Waals surface area contributed by atoms with E-state index in [0.29, 0.717) is 12.3 Å². The number of carbonyl (C=O) groups is 2. The van der Waals surface area contributed by atoms with E-state index in [2.05, 4.69) is 11.4 Å². The molecule has 19 heavy (non-hydrogen) atoms. The number of hydrogen-bond donors (Lipinski definition) is 1. The number of amides is 1. The molecule has 2 aliphatic carbocycles. The van der Waals surface area contributed by atoms with Gasteiger partial charge in [0.05, 0.1) is 7.11 Å². The molecular weight excluding hydrogens is 246 g/mol. The molecule has 0 unspecified atom stereocenters. The normalized spacial score (nSPS) is 32.2. The molecule has 2 rings (SSSR count). The highest BCUT2D eigenvalue weighted by Crippen LogP contribution is 2.47. The summed E-state index contributed by atoms with van der Waals surface area (Å²) in [7, 11) is 1.34. The van der Waals surface area contributed by atoms with Crippen molar-refractivity contribution in [3.8, 4) is 0 Å². The minimum Gasteiger partial charge on any atom is -0.467 e. The number of nitrogens with one attached hydrogen (secondary N) is 1. The zero-order valence-corrected chi connectivity index (χ0v) is 11.9. The number of methoxy groups -OCH3 is 1. The van der Waals surface area contributed by atoms with Gasteiger partial charge < -0.3 is 14.8 Å². The Kier molecular flexibility index (Phi) is 3.32. The van der Waals surface area contributed by atoms with E-state index in [1.165, 1.54) is 7.11 Å². The molecule has 1 amide bonds. The van der Waals surface area contributed by atoms with E-state index in [0.717, 1.165) is 6.42 Å². The van der Waals surface area contributed by atoms with Crippen molar-refractivity contribution in [3.63, 3.8) is 0 Å². The second-order valence-corrected chi connectivity index (χ2v) is 6.28. The molecule has 2 aliphatic rings. The Bertz CT molecular complexity index is 424. The molecule has 1 N–H and O–H groups in total. The van der Waals surface area contributed by atoms with Crippen LogP contribution in [0.25, 0.3) is 0 Å². The fourth-order valence-electron chi connectivity index (χ4n) is 2.95. The topological polar surface area (TPSA) is 64.6 Å². The van der Waals surface area contributed by atoms with E-state index >= 15 is 0 Å². The van der Waals surface area contributed by atoms with Gasteiger partial charge in [0.1, 0.15) is 11.1 Å². The predicted molar refractivity (Wildman–Crippen MR) is 69.5 cm³/mol. The first-order valence-electron chi connectivity index (χ1n) is 6.55. The molecule has 0 aromatic carbocycles. The lowest BCUT2D eigenvalue weighted by Crippen LogP contribution is -2.58. The van der Waals surface area contributed by atoms with E-state index in [1.807, 2.05) is 6.08 Å². The highest BCUT2D eigenvalue weighted by molar-refractivity contribution is 5.87. The largest absolute Gasteiger partial charge is 0.467 e. The molecular formula is C14H21NO4. The Hall–Kier alpha value is -1.52. The average molecular weight is 267 g/mol. The van der Waals surface area contributed by atoms with E-state index in [9.17, 15) is 9.59 Å². The Morgan fingerprint density at radius 1 is 1.32 bits per heavy atom. The number of esters is 1. The average Bonchev–Trinajstić information content (AvgIpc) is 2.85. The molecule has 0 saturated heterocycles. The number of hydrogen-bond acceptors (Lipinski definition) is 4. The van der Waals surface area contributed by atoms with Crippen LogP contribution in [0.1, 0.15) is 33.6 Å². The summed E-state index contributed by atoms with van der Waals surface area (Å²) in [6.45, 7) is 5.37. The standard InChI is InChI=1S/C14H21NO4/c1-13(2,3)19-12(17)15-14(11(16)18-4)8-9-5-6-10(14)7-9/h5-6,9-10H,7-8H2,1-4H3,(H,15,17)/t9-,10+,14-/m0/s1. The van der Waals surface area contributed by atoms with Crippen molar-refractivity contribution >= 4 is 12.1 Å². The zero-order valence-electron chi connectivity index (χ0n) is 11.9. The van der Waals surface area contributed by atoms with Crippen molar-refractivity contribution in [2.75, 3.05) is 7.11 Å². The summed E-state index contributed by atoms with van der Waals surface area (Å²) in [6, 6.07) is 0. The van der Waals surface area contributed by atoms with Crippen molar-refractivity contribution < 1.29 is 19.1 Å². The highest BCUT2D eigenvalue weighted by Gasteiger charge is 2.55. The number of carbonyl (C=O) groups excluding carboxylic acids is 2. The van der Waals surface area contributed by atoms with Crippen LogP contribution < -0.4 is 5.32 Å². The number of alkyl carbamates (subject to hydrolysis) is 1. The summed E-state index contributed by atoms with van der Waals surface area (Å²) >= 11 is 0. The number of fused-ring (bicyclic) bond motifs is 2. The van der Waals surface area contributed by atoms with Crippen LogP contribution in [-0.4, -0.2) is 30.3 Å². The molecule has 106 valence electrons. The minimum atomic E-state index is -0.962. The fourth-order valence-corrected chi connectivity index (χ4v) is 2.95. The number of rotatable bonds is 2. The second kappa shape index (κ2) is 4.54. The second-order valence-electron chi connectivity index (χ2n) is 6.28. The van der Waals surface area contributed by atoms with Gasteiger partial charge in [0.15, 0.2) is 0 Å². The van der Waals surface area contributed by atoms with Crippen molar-refractivity contribution in [1.29, 1.82) is 0 Å². The van der Waals surface area contributed by atoms with Crippen molar-refractivity contribution in [2.45, 2.75) is 44.8 Å². The first-order valence-corrected chi connectivity index (χ1v) is 6.55. The van der Waals surface area contributed by atoms with Crippen LogP contribution in [-0.2, 0) is 14.3 Å². The van der Waals surface area contributed by atoms with Gasteiger partial charge in [0.2, 0.25) is 0 Å². The summed E-state index contributed by atoms with van der Waals surface area (Å²) in [5.74, 6) is -0.0632. The molecule has 0 aromatic heterocycles. The Morgan fingerprint density at radius 2 is 2.00 bits per heavy atom. The van der Waals surface area contributed by atoms with E-state index < -0.39 is 23.2 Å². The van der Waals surface area contributed by atoms with E-state index in [-0.39, 0.29) is 5.92 Å². The van der Waals surface area contributed by atoms with E-state index in [4.69, 9.17) is 9.47 Å². The van der Waals surface area contributed by atoms with Crippen molar-refractivity contribution in [3.05, 3.63) is 12.2 Å². The third kappa shape index (κ3) is 2.60. The van der Waals surface area contributed by atoms with Gasteiger partial charge in [-0.1, -0.05) is 12.2 Å². The lowest BCUT2D eigenvalue weighted by Gasteiger charge is -2.34. The van der Waals surface area contributed by atoms with Crippen LogP contribution in [0.5, 0.6) is 0 Å². The first-order chi connectivity index (χ1) is 8.77. The molecule has 0 heterocycles. The third-order valence-electron chi connectivity index (χ3n) is 3.66. The molecule has 0 aromatic rings. The minimum absolute atomic E-state index is 0.00234. The van der Waals surface area contributed by atoms with Gasteiger partial charge in [-0.3, -0.25) is 0 Å². The molecule has 0 spiro atoms. The monoisotopic (exact) mass is 267 g/mol. The quantitative estimate of drug-likeness (QED) is 0.614. The van der Waals surface area contributed by atoms with Crippen molar-refractivity contribution in [1.82, 2.24) is 5.32 Å². The molecule has 3 atom stereocenters. The summed E-state index contributed by atoms with van der Waals surface area (Å²) in [6.07, 6.45) is 4.98. The summed E-state index contributed by atoms with van der Waals surface area (Å²) in [5.41, 5.74) is -1.55. The van der Waals surface area contributed by atoms with Crippen LogP contribution in [0.3, 0.4) is 0 Å². The van der Waals surface area contributed by atoms with Crippen LogP contribution in [0.2, 0.25) is 0 Å². The fraction of sp³-hybridized carbons (Fsp3) is 0.714. The molecule has 5 heteroatoms. The SMILES string of the molecule is COC(=O)[C@]1(NC(=O)OC(C)(C)C)C[C@H]2C=C[C@@H]1C2. The van der Waals surface area contributed by atoms with Gasteiger partial charge in [-0.05, 0) is 39.5 Å². The van der Waals surface area contributed by atoms with Crippen LogP contribution in [0, 0.1) is 11.8 Å². The lowest BCUT2D eigenvalue weighted by molar-refractivity contribution is -0.149. The smallest absolute Gasteiger partial charge is 0.408 e. The van der Waals surface area contributed by atoms with Gasteiger partial charge >= 0.3 is 12.1 Å².